The summed E-state index contributed by atoms with van der Waals surface area (Å²) in [5, 5.41) is 37.2. The molecule has 33 nitrogen and oxygen atoms in total. The van der Waals surface area contributed by atoms with Gasteiger partial charge in [-0.2, -0.15) is 0 Å². The van der Waals surface area contributed by atoms with Gasteiger partial charge in [0.05, 0.1) is 13.5 Å². The molecule has 0 aliphatic carbocycles. The fourth-order valence-electron chi connectivity index (χ4n) is 14.2. The third-order valence-electron chi connectivity index (χ3n) is 21.0. The highest BCUT2D eigenvalue weighted by atomic mass is 16.7. The standard InChI is InChI=1S/C27H38O7.C19H24O2.C17H18O4.C12H22N4O6.C9H18N2O5.C9H18O2.C3H8O.CH4/c1-8-30-20(4)33-25-16-12-23(13-17-25)27(6,18-26(28)34-21(5)31-9-2)22-10-14-24(15-11-22)32-19(3)29-7;1-4-15(17-7-11-19(21-3)12-8-17)13-14(2)16-5-9-18(20)10-6-16;1-17(11-10-16(20)21,12-2-6-14(18)7-3-12)13-4-8-15(19)9-5-13;1-19-5-13-9-10(15(7-21-3)11(13)17)16(8-22-4)12(18)14(9)6-20-2;1-13-5-10-7(15-3)8(16-4)11(6-14-2)9(10)12;1-5-6-7-8(10)11-9(2,3)4;1-3-4-2;/h10-17,19-21H,8-9,18H2,1-7H3;5-12,14-15,20H,4,13H2,1-3H3;2-9,18-19H,10-11H2,1H3,(H,20,21);9-10H,5-8H2,1-4H3;7-8H,5-6H2,1-4H3;5-7H2,1-4H3;3H2,1-2H3;1H4. The van der Waals surface area contributed by atoms with Crippen LogP contribution in [0.1, 0.15) is 201 Å². The lowest BCUT2D eigenvalue weighted by Gasteiger charge is -2.31. The molecule has 3 heterocycles. The maximum absolute atomic E-state index is 12.8. The van der Waals surface area contributed by atoms with Crippen molar-refractivity contribution in [2.24, 2.45) is 0 Å². The van der Waals surface area contributed by atoms with Crippen LogP contribution in [0, 0.1) is 0 Å². The van der Waals surface area contributed by atoms with E-state index in [0.29, 0.717) is 55.1 Å². The monoisotopic (exact) mass is 1830 g/mol. The number of hydrogen-bond acceptors (Lipinski definition) is 26. The van der Waals surface area contributed by atoms with Gasteiger partial charge in [0.1, 0.15) is 80.5 Å². The van der Waals surface area contributed by atoms with Gasteiger partial charge in [-0.25, -0.2) is 14.4 Å². The molecule has 0 aromatic heterocycles. The molecule has 0 saturated carbocycles. The summed E-state index contributed by atoms with van der Waals surface area (Å²) in [6.45, 7) is 29.7. The maximum atomic E-state index is 12.8. The van der Waals surface area contributed by atoms with Crippen molar-refractivity contribution in [2.45, 2.75) is 228 Å². The van der Waals surface area contributed by atoms with Crippen molar-refractivity contribution in [3.05, 3.63) is 179 Å². The Hall–Kier alpha value is -10.1. The quantitative estimate of drug-likeness (QED) is 0.0204. The number of methoxy groups -OCH3 is 11. The first-order valence-corrected chi connectivity index (χ1v) is 43.1. The zero-order valence-corrected chi connectivity index (χ0v) is 80.4. The third kappa shape index (κ3) is 36.9. The number of nitrogens with zero attached hydrogens (tertiary/aromatic N) is 6. The zero-order chi connectivity index (χ0) is 96.6. The Morgan fingerprint density at radius 3 is 1.10 bits per heavy atom. The number of carbonyl (C=O) groups is 6. The number of aromatic hydroxyl groups is 3. The second-order valence-electron chi connectivity index (χ2n) is 31.6. The maximum Gasteiger partial charge on any atom is 0.328 e. The van der Waals surface area contributed by atoms with Gasteiger partial charge < -0.3 is 101 Å². The number of ether oxygens (including phenoxy) is 17. The van der Waals surface area contributed by atoms with E-state index in [4.69, 9.17) is 80.9 Å². The Bertz CT molecular complexity index is 3990. The lowest BCUT2D eigenvalue weighted by molar-refractivity contribution is -0.174. The van der Waals surface area contributed by atoms with Gasteiger partial charge in [0.2, 0.25) is 0 Å². The van der Waals surface area contributed by atoms with Crippen molar-refractivity contribution in [1.82, 2.24) is 29.4 Å². The van der Waals surface area contributed by atoms with E-state index in [1.165, 1.54) is 97.4 Å². The number of amides is 6. The number of benzene rings is 6. The van der Waals surface area contributed by atoms with Gasteiger partial charge in [-0.15, -0.1) is 0 Å². The van der Waals surface area contributed by atoms with Crippen LogP contribution in [0.5, 0.6) is 34.5 Å². The second kappa shape index (κ2) is 60.7. The average molecular weight is 1830 g/mol. The first kappa shape index (κ1) is 116. The minimum absolute atomic E-state index is 0. The van der Waals surface area contributed by atoms with E-state index in [1.54, 1.807) is 88.9 Å². The van der Waals surface area contributed by atoms with Crippen LogP contribution in [0.3, 0.4) is 0 Å². The van der Waals surface area contributed by atoms with Crippen molar-refractivity contribution in [3.63, 3.8) is 0 Å². The normalized spacial score (nSPS) is 16.6. The summed E-state index contributed by atoms with van der Waals surface area (Å²) < 4.78 is 88.6. The molecule has 9 rings (SSSR count). The lowest BCUT2D eigenvalue weighted by atomic mass is 9.73. The van der Waals surface area contributed by atoms with Crippen molar-refractivity contribution < 1.29 is 130 Å². The van der Waals surface area contributed by atoms with Crippen LogP contribution >= 0.6 is 0 Å². The van der Waals surface area contributed by atoms with Gasteiger partial charge in [-0.3, -0.25) is 43.8 Å². The number of esters is 2. The Kier molecular flexibility index (Phi) is 54.2. The molecule has 730 valence electrons. The number of hydrogen-bond donors (Lipinski definition) is 4. The van der Waals surface area contributed by atoms with Crippen LogP contribution in [-0.4, -0.2) is 273 Å². The van der Waals surface area contributed by atoms with E-state index in [-0.39, 0.29) is 120 Å². The van der Waals surface area contributed by atoms with E-state index in [2.05, 4.69) is 37.6 Å². The first-order valence-electron chi connectivity index (χ1n) is 43.1. The summed E-state index contributed by atoms with van der Waals surface area (Å²) in [7, 11) is 17.0. The predicted octanol–water partition coefficient (Wildman–Crippen LogP) is 17.0. The number of phenols is 3. The number of urea groups is 3. The summed E-state index contributed by atoms with van der Waals surface area (Å²) in [4.78, 5) is 80.6. The number of carboxylic acids is 1. The number of phenolic OH excluding ortho intramolecular Hbond substituents is 3. The number of carboxylic acid groups (broad SMARTS) is 1. The number of fused-ring (bicyclic) bond motifs is 1. The Balaban J connectivity index is 0.000000537. The Labute approximate surface area is 771 Å². The van der Waals surface area contributed by atoms with Gasteiger partial charge in [-0.1, -0.05) is 121 Å². The summed E-state index contributed by atoms with van der Waals surface area (Å²) in [5.41, 5.74) is 4.90. The fourth-order valence-corrected chi connectivity index (χ4v) is 14.2. The summed E-state index contributed by atoms with van der Waals surface area (Å²) in [6, 6.07) is 44.1. The largest absolute Gasteiger partial charge is 0.508 e. The third-order valence-corrected chi connectivity index (χ3v) is 21.0. The molecule has 33 heteroatoms. The molecular weight excluding hydrogens is 1680 g/mol. The molecular formula is C97H150N6O27. The molecule has 0 spiro atoms. The van der Waals surface area contributed by atoms with Crippen molar-refractivity contribution >= 4 is 36.0 Å². The second-order valence-corrected chi connectivity index (χ2v) is 31.6. The summed E-state index contributed by atoms with van der Waals surface area (Å²) in [5.74, 6) is 2.68. The number of carbonyl (C=O) groups excluding carboxylic acids is 5. The van der Waals surface area contributed by atoms with E-state index in [1.807, 2.05) is 142 Å². The van der Waals surface area contributed by atoms with Crippen molar-refractivity contribution in [2.75, 3.05) is 138 Å². The van der Waals surface area contributed by atoms with Crippen LogP contribution in [-0.2, 0) is 91.5 Å². The molecule has 4 N–H and O–H groups in total. The molecule has 6 aromatic rings. The van der Waals surface area contributed by atoms with E-state index in [9.17, 15) is 44.1 Å². The van der Waals surface area contributed by atoms with Crippen LogP contribution in [0.4, 0.5) is 14.4 Å². The number of rotatable bonds is 43. The molecule has 6 amide bonds. The molecule has 3 saturated heterocycles. The van der Waals surface area contributed by atoms with Gasteiger partial charge in [0, 0.05) is 115 Å². The van der Waals surface area contributed by atoms with Crippen molar-refractivity contribution in [3.8, 4) is 34.5 Å². The highest BCUT2D eigenvalue weighted by Crippen LogP contribution is 2.41. The van der Waals surface area contributed by atoms with Gasteiger partial charge in [0.15, 0.2) is 43.7 Å². The van der Waals surface area contributed by atoms with Crippen LogP contribution < -0.4 is 14.2 Å². The Morgan fingerprint density at radius 2 is 0.762 bits per heavy atom. The molecule has 0 bridgehead atoms. The van der Waals surface area contributed by atoms with Crippen LogP contribution in [0.15, 0.2) is 146 Å². The zero-order valence-electron chi connectivity index (χ0n) is 80.4. The van der Waals surface area contributed by atoms with E-state index >= 15 is 0 Å². The SMILES string of the molecule is C.CC(CCC(=O)O)(c1ccc(O)cc1)c1ccc(O)cc1.CCC(CC(C)c1ccc(O)cc1)c1ccc(OC)cc1.CCCCC(=O)OC(C)(C)C.CCOC.CCOC(C)OC(=O)CC(C)(c1ccc(OC(C)OC)cc1)c1ccc(OC(C)OCC)cc1.COCN1C(=O)N(COC)C(OC)C1OC.COCN1C(=O)N(COC)C2C1N(COC)C(=O)N2COC. The van der Waals surface area contributed by atoms with E-state index < -0.39 is 47.9 Å². The fraction of sp³-hybridized carbons (Fsp3) is 0.567. The van der Waals surface area contributed by atoms with Gasteiger partial charge in [0.25, 0.3) is 0 Å². The van der Waals surface area contributed by atoms with E-state index in [0.717, 1.165) is 60.3 Å². The minimum Gasteiger partial charge on any atom is -0.508 e. The highest BCUT2D eigenvalue weighted by Gasteiger charge is 2.59. The molecule has 130 heavy (non-hydrogen) atoms. The van der Waals surface area contributed by atoms with Crippen molar-refractivity contribution in [1.29, 1.82) is 0 Å². The smallest absolute Gasteiger partial charge is 0.328 e. The lowest BCUT2D eigenvalue weighted by Crippen LogP contribution is -2.48. The van der Waals surface area contributed by atoms with Gasteiger partial charge >= 0.3 is 36.0 Å². The number of aliphatic carboxylic acids is 1. The van der Waals surface area contributed by atoms with Crippen LogP contribution in [0.25, 0.3) is 0 Å². The topological polar surface area (TPSA) is 360 Å². The Morgan fingerprint density at radius 1 is 0.415 bits per heavy atom. The molecule has 0 radical (unpaired) electrons. The molecule has 8 unspecified atom stereocenters. The molecule has 3 aliphatic heterocycles. The minimum atomic E-state index is -0.848. The summed E-state index contributed by atoms with van der Waals surface area (Å²) >= 11 is 0. The molecule has 6 aromatic carbocycles. The summed E-state index contributed by atoms with van der Waals surface area (Å²) in [6.07, 6.45) is 1.99. The molecule has 3 aliphatic rings. The molecule has 3 fully saturated rings. The number of unbranched alkanes of at least 4 members (excludes halogenated alkanes) is 1. The average Bonchev–Trinajstić information content (AvgIpc) is 1.56. The highest BCUT2D eigenvalue weighted by molar-refractivity contribution is 5.85. The van der Waals surface area contributed by atoms with Crippen LogP contribution in [0.2, 0.25) is 0 Å². The molecule has 8 atom stereocenters. The predicted molar refractivity (Wildman–Crippen MR) is 494 cm³/mol. The van der Waals surface area contributed by atoms with Gasteiger partial charge in [-0.05, 0) is 206 Å². The first-order chi connectivity index (χ1) is 61.4.